The quantitative estimate of drug-likeness (QED) is 0.929. The average Bonchev–Trinajstić information content (AvgIpc) is 2.98. The smallest absolute Gasteiger partial charge is 0.226 e. The predicted octanol–water partition coefficient (Wildman–Crippen LogP) is 2.70. The number of hydrogen-bond acceptors (Lipinski definition) is 3. The van der Waals surface area contributed by atoms with Crippen LogP contribution >= 0.6 is 0 Å². The molecule has 0 radical (unpaired) electrons. The van der Waals surface area contributed by atoms with E-state index in [1.165, 1.54) is 5.56 Å². The van der Waals surface area contributed by atoms with Gasteiger partial charge in [-0.05, 0) is 23.0 Å². The van der Waals surface area contributed by atoms with Gasteiger partial charge in [0.1, 0.15) is 6.04 Å². The molecular formula is C17H22N2O2. The SMILES string of the molecule is CC(C)(C)c1ccc([C@@H](C#N)NC(=O)[C@H]2CCOC2)cc1. The lowest BCUT2D eigenvalue weighted by Gasteiger charge is -2.20. The van der Waals surface area contributed by atoms with Gasteiger partial charge in [0.2, 0.25) is 5.91 Å². The minimum atomic E-state index is -0.605. The van der Waals surface area contributed by atoms with Crippen LogP contribution < -0.4 is 5.32 Å². The van der Waals surface area contributed by atoms with Crippen molar-refractivity contribution in [3.63, 3.8) is 0 Å². The molecule has 1 amide bonds. The van der Waals surface area contributed by atoms with Gasteiger partial charge < -0.3 is 10.1 Å². The molecule has 0 aromatic heterocycles. The summed E-state index contributed by atoms with van der Waals surface area (Å²) < 4.78 is 5.21. The van der Waals surface area contributed by atoms with Gasteiger partial charge in [-0.1, -0.05) is 45.0 Å². The van der Waals surface area contributed by atoms with Crippen LogP contribution in [0.25, 0.3) is 0 Å². The normalized spacial score (nSPS) is 19.8. The molecule has 0 spiro atoms. The van der Waals surface area contributed by atoms with E-state index in [0.717, 1.165) is 12.0 Å². The summed E-state index contributed by atoms with van der Waals surface area (Å²) in [6.07, 6.45) is 0.729. The topological polar surface area (TPSA) is 62.1 Å². The molecule has 0 unspecified atom stereocenters. The van der Waals surface area contributed by atoms with Gasteiger partial charge in [0, 0.05) is 6.61 Å². The first kappa shape index (κ1) is 15.5. The van der Waals surface area contributed by atoms with Gasteiger partial charge >= 0.3 is 0 Å². The highest BCUT2D eigenvalue weighted by atomic mass is 16.5. The van der Waals surface area contributed by atoms with E-state index in [1.54, 1.807) is 0 Å². The number of nitriles is 1. The highest BCUT2D eigenvalue weighted by molar-refractivity contribution is 5.79. The number of amides is 1. The largest absolute Gasteiger partial charge is 0.381 e. The second kappa shape index (κ2) is 6.28. The lowest BCUT2D eigenvalue weighted by molar-refractivity contribution is -0.125. The number of carbonyl (C=O) groups is 1. The molecule has 1 aliphatic rings. The lowest BCUT2D eigenvalue weighted by atomic mass is 9.86. The number of hydrogen-bond donors (Lipinski definition) is 1. The van der Waals surface area contributed by atoms with Crippen LogP contribution in [0.2, 0.25) is 0 Å². The Morgan fingerprint density at radius 2 is 2.05 bits per heavy atom. The number of nitrogens with one attached hydrogen (secondary N) is 1. The van der Waals surface area contributed by atoms with Crippen molar-refractivity contribution in [1.29, 1.82) is 5.26 Å². The van der Waals surface area contributed by atoms with Crippen molar-refractivity contribution < 1.29 is 9.53 Å². The van der Waals surface area contributed by atoms with Gasteiger partial charge in [0.15, 0.2) is 0 Å². The highest BCUT2D eigenvalue weighted by Gasteiger charge is 2.26. The van der Waals surface area contributed by atoms with Gasteiger partial charge in [-0.3, -0.25) is 4.79 Å². The van der Waals surface area contributed by atoms with E-state index in [9.17, 15) is 10.1 Å². The molecule has 4 nitrogen and oxygen atoms in total. The molecule has 1 aromatic carbocycles. The Kier molecular flexibility index (Phi) is 4.64. The summed E-state index contributed by atoms with van der Waals surface area (Å²) in [5.74, 6) is -0.228. The summed E-state index contributed by atoms with van der Waals surface area (Å²) >= 11 is 0. The van der Waals surface area contributed by atoms with E-state index in [4.69, 9.17) is 4.74 Å². The molecule has 1 aliphatic heterocycles. The molecule has 112 valence electrons. The molecule has 4 heteroatoms. The first-order valence-corrected chi connectivity index (χ1v) is 7.30. The Labute approximate surface area is 126 Å². The van der Waals surface area contributed by atoms with Crippen molar-refractivity contribution >= 4 is 5.91 Å². The van der Waals surface area contributed by atoms with Gasteiger partial charge in [-0.2, -0.15) is 5.26 Å². The molecule has 0 saturated carbocycles. The third-order valence-electron chi connectivity index (χ3n) is 3.83. The van der Waals surface area contributed by atoms with Gasteiger partial charge in [0.25, 0.3) is 0 Å². The van der Waals surface area contributed by atoms with E-state index < -0.39 is 6.04 Å². The van der Waals surface area contributed by atoms with E-state index >= 15 is 0 Å². The summed E-state index contributed by atoms with van der Waals surface area (Å²) in [6, 6.07) is 9.42. The number of benzene rings is 1. The van der Waals surface area contributed by atoms with Crippen LogP contribution in [0.3, 0.4) is 0 Å². The van der Waals surface area contributed by atoms with Crippen LogP contribution in [0, 0.1) is 17.2 Å². The molecule has 0 aliphatic carbocycles. The van der Waals surface area contributed by atoms with E-state index in [1.807, 2.05) is 24.3 Å². The minimum absolute atomic E-state index is 0.0745. The molecule has 2 rings (SSSR count). The maximum absolute atomic E-state index is 12.1. The van der Waals surface area contributed by atoms with E-state index in [0.29, 0.717) is 13.2 Å². The van der Waals surface area contributed by atoms with E-state index in [2.05, 4.69) is 32.2 Å². The Morgan fingerprint density at radius 1 is 1.38 bits per heavy atom. The summed E-state index contributed by atoms with van der Waals surface area (Å²) in [6.45, 7) is 7.51. The molecule has 1 N–H and O–H groups in total. The van der Waals surface area contributed by atoms with Crippen molar-refractivity contribution in [2.45, 2.75) is 38.6 Å². The molecular weight excluding hydrogens is 264 g/mol. The summed E-state index contributed by atoms with van der Waals surface area (Å²) in [5, 5.41) is 12.1. The lowest BCUT2D eigenvalue weighted by Crippen LogP contribution is -2.33. The molecule has 1 aromatic rings. The molecule has 21 heavy (non-hydrogen) atoms. The van der Waals surface area contributed by atoms with Crippen molar-refractivity contribution in [1.82, 2.24) is 5.32 Å². The van der Waals surface area contributed by atoms with Gasteiger partial charge in [0.05, 0.1) is 18.6 Å². The Morgan fingerprint density at radius 3 is 2.52 bits per heavy atom. The molecule has 1 saturated heterocycles. The van der Waals surface area contributed by atoms with Crippen molar-refractivity contribution in [3.05, 3.63) is 35.4 Å². The zero-order valence-corrected chi connectivity index (χ0v) is 12.8. The molecule has 1 fully saturated rings. The van der Waals surface area contributed by atoms with Crippen LogP contribution in [-0.2, 0) is 14.9 Å². The standard InChI is InChI=1S/C17H22N2O2/c1-17(2,3)14-6-4-12(5-7-14)15(10-18)19-16(20)13-8-9-21-11-13/h4-7,13,15H,8-9,11H2,1-3H3,(H,19,20)/t13-,15+/m0/s1. The third kappa shape index (κ3) is 3.83. The number of nitrogens with zero attached hydrogens (tertiary/aromatic N) is 1. The van der Waals surface area contributed by atoms with E-state index in [-0.39, 0.29) is 17.2 Å². The summed E-state index contributed by atoms with van der Waals surface area (Å²) in [5.41, 5.74) is 2.10. The monoisotopic (exact) mass is 286 g/mol. The highest BCUT2D eigenvalue weighted by Crippen LogP contribution is 2.24. The van der Waals surface area contributed by atoms with Crippen LogP contribution in [0.4, 0.5) is 0 Å². The first-order valence-electron chi connectivity index (χ1n) is 7.30. The first-order chi connectivity index (χ1) is 9.91. The van der Waals surface area contributed by atoms with Crippen LogP contribution in [0.5, 0.6) is 0 Å². The Bertz CT molecular complexity index is 531. The van der Waals surface area contributed by atoms with Crippen molar-refractivity contribution in [2.75, 3.05) is 13.2 Å². The second-order valence-corrected chi connectivity index (χ2v) is 6.50. The fraction of sp³-hybridized carbons (Fsp3) is 0.529. The van der Waals surface area contributed by atoms with Crippen molar-refractivity contribution in [3.8, 4) is 6.07 Å². The maximum atomic E-state index is 12.1. The second-order valence-electron chi connectivity index (χ2n) is 6.50. The van der Waals surface area contributed by atoms with Crippen LogP contribution in [0.1, 0.15) is 44.4 Å². The maximum Gasteiger partial charge on any atom is 0.226 e. The fourth-order valence-electron chi connectivity index (χ4n) is 2.37. The molecule has 2 atom stereocenters. The van der Waals surface area contributed by atoms with Crippen molar-refractivity contribution in [2.24, 2.45) is 5.92 Å². The van der Waals surface area contributed by atoms with Crippen LogP contribution in [0.15, 0.2) is 24.3 Å². The van der Waals surface area contributed by atoms with Gasteiger partial charge in [-0.25, -0.2) is 0 Å². The zero-order valence-electron chi connectivity index (χ0n) is 12.8. The fourth-order valence-corrected chi connectivity index (χ4v) is 2.37. The summed E-state index contributed by atoms with van der Waals surface area (Å²) in [4.78, 5) is 12.1. The number of carbonyl (C=O) groups excluding carboxylic acids is 1. The molecule has 0 bridgehead atoms. The Hall–Kier alpha value is -1.86. The third-order valence-corrected chi connectivity index (χ3v) is 3.83. The predicted molar refractivity (Wildman–Crippen MR) is 80.6 cm³/mol. The van der Waals surface area contributed by atoms with Gasteiger partial charge in [-0.15, -0.1) is 0 Å². The average molecular weight is 286 g/mol. The Balaban J connectivity index is 2.07. The number of rotatable bonds is 3. The summed E-state index contributed by atoms with van der Waals surface area (Å²) in [7, 11) is 0. The zero-order chi connectivity index (χ0) is 15.5. The molecule has 1 heterocycles. The number of ether oxygens (including phenoxy) is 1. The minimum Gasteiger partial charge on any atom is -0.381 e. The van der Waals surface area contributed by atoms with Crippen LogP contribution in [-0.4, -0.2) is 19.1 Å².